The van der Waals surface area contributed by atoms with Crippen molar-refractivity contribution in [3.05, 3.63) is 0 Å². The summed E-state index contributed by atoms with van der Waals surface area (Å²) < 4.78 is 462. The summed E-state index contributed by atoms with van der Waals surface area (Å²) in [6.45, 7) is 1.32. The van der Waals surface area contributed by atoms with Crippen LogP contribution in [0.15, 0.2) is 0 Å². The summed E-state index contributed by atoms with van der Waals surface area (Å²) in [6.07, 6.45) is -24.4. The summed E-state index contributed by atoms with van der Waals surface area (Å²) in [5, 5.41) is 5.39. The van der Waals surface area contributed by atoms with Gasteiger partial charge in [0.15, 0.2) is 0 Å². The van der Waals surface area contributed by atoms with Gasteiger partial charge in [-0.05, 0) is 18.1 Å². The van der Waals surface area contributed by atoms with E-state index in [1.807, 2.05) is 0 Å². The molecule has 0 spiro atoms. The Labute approximate surface area is 322 Å². The van der Waals surface area contributed by atoms with Crippen LogP contribution in [0.4, 0.5) is 149 Å². The molecule has 62 heavy (non-hydrogen) atoms. The highest BCUT2D eigenvalue weighted by Gasteiger charge is 2.97. The molecule has 0 atom stereocenters. The van der Waals surface area contributed by atoms with Crippen LogP contribution in [0.2, 0.25) is 18.1 Å². The summed E-state index contributed by atoms with van der Waals surface area (Å²) in [7, 11) is -5.59. The normalized spacial score (nSPS) is 16.6. The SMILES string of the molecule is CCCCCC[Si](N)(CCC(F)(F)C(F)(F)C(F)(F)C(F)(F)C(F)(F)C(F)(F)C(F)(F)C(F)(F)F)CCC(F)(F)C(F)(F)C(F)(F)C(F)(F)C(F)(F)C(F)(F)C(F)(F)C(F)(F)F. The zero-order valence-electron chi connectivity index (χ0n) is 29.3. The molecule has 0 bridgehead atoms. The second-order valence-corrected chi connectivity index (χ2v) is 17.7. The first kappa shape index (κ1) is 59.8. The average molecular weight is 1020 g/mol. The molecule has 0 amide bonds. The number of hydrogen-bond acceptors (Lipinski definition) is 1. The summed E-state index contributed by atoms with van der Waals surface area (Å²) in [4.78, 5) is 0. The minimum absolute atomic E-state index is 0.0808. The van der Waals surface area contributed by atoms with Crippen LogP contribution >= 0.6 is 0 Å². The fourth-order valence-electron chi connectivity index (χ4n) is 4.80. The van der Waals surface area contributed by atoms with E-state index in [4.69, 9.17) is 5.40 Å². The highest BCUT2D eigenvalue weighted by atomic mass is 28.3. The van der Waals surface area contributed by atoms with E-state index in [2.05, 4.69) is 0 Å². The maximum absolute atomic E-state index is 14.6. The summed E-state index contributed by atoms with van der Waals surface area (Å²) >= 11 is 0. The van der Waals surface area contributed by atoms with Crippen molar-refractivity contribution in [3.63, 3.8) is 0 Å². The van der Waals surface area contributed by atoms with Crippen LogP contribution in [0, 0.1) is 0 Å². The Hall–Kier alpha value is -2.20. The molecular weight excluding hydrogens is 1000 g/mol. The lowest BCUT2D eigenvalue weighted by molar-refractivity contribution is -0.461. The van der Waals surface area contributed by atoms with Crippen LogP contribution in [0.25, 0.3) is 0 Å². The third-order valence-corrected chi connectivity index (χ3v) is 12.8. The molecule has 0 fully saturated rings. The van der Waals surface area contributed by atoms with E-state index in [0.717, 1.165) is 0 Å². The summed E-state index contributed by atoms with van der Waals surface area (Å²) in [5.41, 5.74) is 0. The molecule has 0 unspecified atom stereocenters. The van der Waals surface area contributed by atoms with E-state index in [0.29, 0.717) is 0 Å². The van der Waals surface area contributed by atoms with Crippen molar-refractivity contribution < 1.29 is 149 Å². The van der Waals surface area contributed by atoms with Crippen molar-refractivity contribution >= 4 is 8.24 Å². The Morgan fingerprint density at radius 1 is 0.274 bits per heavy atom. The van der Waals surface area contributed by atoms with Gasteiger partial charge in [0.25, 0.3) is 0 Å². The zero-order valence-corrected chi connectivity index (χ0v) is 30.3. The van der Waals surface area contributed by atoms with E-state index in [-0.39, 0.29) is 19.3 Å². The highest BCUT2D eigenvalue weighted by Crippen LogP contribution is 2.66. The maximum atomic E-state index is 14.6. The molecule has 0 aliphatic rings. The van der Waals surface area contributed by atoms with Crippen LogP contribution in [-0.4, -0.2) is 104 Å². The van der Waals surface area contributed by atoms with Crippen LogP contribution in [0.1, 0.15) is 45.4 Å². The Balaban J connectivity index is 7.13. The molecule has 374 valence electrons. The number of alkyl halides is 34. The third-order valence-electron chi connectivity index (χ3n) is 8.98. The van der Waals surface area contributed by atoms with Crippen molar-refractivity contribution in [2.24, 2.45) is 5.40 Å². The van der Waals surface area contributed by atoms with Gasteiger partial charge in [0, 0.05) is 12.8 Å². The van der Waals surface area contributed by atoms with Crippen LogP contribution in [0.5, 0.6) is 0 Å². The summed E-state index contributed by atoms with van der Waals surface area (Å²) in [5.74, 6) is -121. The minimum atomic E-state index is -9.10. The van der Waals surface area contributed by atoms with E-state index in [1.165, 1.54) is 6.92 Å². The topological polar surface area (TPSA) is 26.0 Å². The Morgan fingerprint density at radius 3 is 0.694 bits per heavy atom. The number of unbranched alkanes of at least 4 members (excludes halogenated alkanes) is 3. The minimum Gasteiger partial charge on any atom is -0.351 e. The van der Waals surface area contributed by atoms with Gasteiger partial charge in [-0.2, -0.15) is 149 Å². The van der Waals surface area contributed by atoms with Crippen molar-refractivity contribution in [2.75, 3.05) is 0 Å². The molecule has 2 N–H and O–H groups in total. The van der Waals surface area contributed by atoms with Crippen molar-refractivity contribution in [1.29, 1.82) is 0 Å². The third kappa shape index (κ3) is 8.89. The predicted molar refractivity (Wildman–Crippen MR) is 139 cm³/mol. The molecule has 0 radical (unpaired) electrons. The summed E-state index contributed by atoms with van der Waals surface area (Å²) in [6, 6.07) is -6.43. The lowest BCUT2D eigenvalue weighted by atomic mass is 9.88. The van der Waals surface area contributed by atoms with Gasteiger partial charge in [-0.15, -0.1) is 0 Å². The highest BCUT2D eigenvalue weighted by molar-refractivity contribution is 6.76. The van der Waals surface area contributed by atoms with E-state index in [9.17, 15) is 149 Å². The van der Waals surface area contributed by atoms with Gasteiger partial charge in [-0.3, -0.25) is 0 Å². The van der Waals surface area contributed by atoms with Gasteiger partial charge < -0.3 is 5.40 Å². The first-order valence-electron chi connectivity index (χ1n) is 15.7. The molecule has 0 rings (SSSR count). The van der Waals surface area contributed by atoms with Crippen molar-refractivity contribution in [1.82, 2.24) is 0 Å². The van der Waals surface area contributed by atoms with E-state index in [1.54, 1.807) is 0 Å². The molecule has 36 heteroatoms. The van der Waals surface area contributed by atoms with Crippen LogP contribution < -0.4 is 5.40 Å². The van der Waals surface area contributed by atoms with E-state index < -0.39 is 141 Å². The Morgan fingerprint density at radius 2 is 0.484 bits per heavy atom. The molecule has 0 aliphatic heterocycles. The molecule has 0 aliphatic carbocycles. The molecule has 0 heterocycles. The average Bonchev–Trinajstić information content (AvgIpc) is 3.06. The fraction of sp³-hybridized carbons (Fsp3) is 1.00. The van der Waals surface area contributed by atoms with Crippen molar-refractivity contribution in [3.8, 4) is 0 Å². The first-order chi connectivity index (χ1) is 26.5. The zero-order chi connectivity index (χ0) is 50.9. The van der Waals surface area contributed by atoms with Gasteiger partial charge in [0.05, 0.1) is 0 Å². The van der Waals surface area contributed by atoms with Crippen LogP contribution in [-0.2, 0) is 0 Å². The predicted octanol–water partition coefficient (Wildman–Crippen LogP) is 14.3. The molecule has 0 aromatic rings. The van der Waals surface area contributed by atoms with E-state index >= 15 is 0 Å². The molecule has 0 aromatic heterocycles. The molecule has 0 aromatic carbocycles. The maximum Gasteiger partial charge on any atom is 0.460 e. The number of halogens is 34. The molecule has 0 saturated carbocycles. The quantitative estimate of drug-likeness (QED) is 0.0616. The monoisotopic (exact) mass is 1020 g/mol. The fourth-order valence-corrected chi connectivity index (χ4v) is 8.13. The van der Waals surface area contributed by atoms with Gasteiger partial charge in [-0.1, -0.05) is 32.6 Å². The second-order valence-electron chi connectivity index (χ2n) is 13.5. The van der Waals surface area contributed by atoms with Gasteiger partial charge in [0.1, 0.15) is 8.24 Å². The lowest BCUT2D eigenvalue weighted by Crippen LogP contribution is -2.74. The Kier molecular flexibility index (Phi) is 16.0. The van der Waals surface area contributed by atoms with Crippen LogP contribution in [0.3, 0.4) is 0 Å². The lowest BCUT2D eigenvalue weighted by Gasteiger charge is -2.43. The Bertz CT molecular complexity index is 1400. The molecule has 0 saturated heterocycles. The molecule has 1 nitrogen and oxygen atoms in total. The largest absolute Gasteiger partial charge is 0.460 e. The number of hydrogen-bond donors (Lipinski definition) is 1. The van der Waals surface area contributed by atoms with Gasteiger partial charge in [-0.25, -0.2) is 0 Å². The van der Waals surface area contributed by atoms with Crippen molar-refractivity contribution in [2.45, 2.75) is 159 Å². The second kappa shape index (κ2) is 16.6. The number of rotatable bonds is 23. The standard InChI is InChI=1S/C26H23F34NSi/c1-2-3-4-5-8-62(61,9-6-11(27,28)13(31,32)15(35,36)17(39,40)19(43,44)21(47,48)23(51,52)25(55,56)57)10-7-12(29,30)14(33,34)16(37,38)18(41,42)20(45,46)22(49,50)24(53,54)26(58,59)60/h2-10,61H2,1H3. The van der Waals surface area contributed by atoms with Gasteiger partial charge >= 0.3 is 95.3 Å². The molecular formula is C26H23F34NSi. The smallest absolute Gasteiger partial charge is 0.351 e. The number of nitrogens with two attached hydrogens (primary N) is 1. The first-order valence-corrected chi connectivity index (χ1v) is 18.4. The van der Waals surface area contributed by atoms with Gasteiger partial charge in [0.2, 0.25) is 0 Å².